The predicted octanol–water partition coefficient (Wildman–Crippen LogP) is 1.88. The van der Waals surface area contributed by atoms with Gasteiger partial charge in [-0.25, -0.2) is 14.8 Å². The minimum absolute atomic E-state index is 0.0548. The van der Waals surface area contributed by atoms with Gasteiger partial charge in [0.15, 0.2) is 5.69 Å². The van der Waals surface area contributed by atoms with E-state index in [2.05, 4.69) is 9.97 Å². The minimum atomic E-state index is -0.516. The lowest BCUT2D eigenvalue weighted by Crippen LogP contribution is -2.14. The van der Waals surface area contributed by atoms with Crippen LogP contribution < -0.4 is 5.73 Å². The molecule has 2 N–H and O–H groups in total. The highest BCUT2D eigenvalue weighted by molar-refractivity contribution is 7.09. The van der Waals surface area contributed by atoms with E-state index in [1.165, 1.54) is 7.11 Å². The van der Waals surface area contributed by atoms with Crippen LogP contribution in [0.3, 0.4) is 0 Å². The summed E-state index contributed by atoms with van der Waals surface area (Å²) in [7, 11) is 1.32. The Labute approximate surface area is 115 Å². The van der Waals surface area contributed by atoms with Crippen LogP contribution >= 0.6 is 11.3 Å². The number of aromatic nitrogens is 3. The molecule has 0 spiro atoms. The molecule has 1 atom stereocenters. The Bertz CT molecular complexity index is 577. The predicted molar refractivity (Wildman–Crippen MR) is 73.3 cm³/mol. The molecule has 2 aromatic rings. The number of rotatable bonds is 4. The average molecular weight is 280 g/mol. The molecular formula is C12H16N4O2S. The normalized spacial score (nSPS) is 12.4. The highest BCUT2D eigenvalue weighted by atomic mass is 32.1. The molecule has 0 aliphatic rings. The number of hydrogen-bond acceptors (Lipinski definition) is 6. The Morgan fingerprint density at radius 2 is 2.37 bits per heavy atom. The number of anilines is 1. The van der Waals surface area contributed by atoms with Crippen LogP contribution in [0.25, 0.3) is 0 Å². The van der Waals surface area contributed by atoms with E-state index in [1.807, 2.05) is 23.8 Å². The van der Waals surface area contributed by atoms with Crippen LogP contribution in [0.1, 0.15) is 41.2 Å². The molecule has 0 aromatic carbocycles. The third-order valence-electron chi connectivity index (χ3n) is 2.91. The largest absolute Gasteiger partial charge is 0.464 e. The summed E-state index contributed by atoms with van der Waals surface area (Å²) in [6, 6.07) is -0.0548. The third kappa shape index (κ3) is 2.33. The first kappa shape index (κ1) is 13.5. The molecule has 2 rings (SSSR count). The Hall–Kier alpha value is -1.89. The zero-order chi connectivity index (χ0) is 14.0. The molecule has 0 fully saturated rings. The quantitative estimate of drug-likeness (QED) is 0.865. The van der Waals surface area contributed by atoms with Crippen LogP contribution in [0.5, 0.6) is 0 Å². The van der Waals surface area contributed by atoms with Gasteiger partial charge < -0.3 is 15.0 Å². The van der Waals surface area contributed by atoms with Crippen LogP contribution in [-0.2, 0) is 11.2 Å². The summed E-state index contributed by atoms with van der Waals surface area (Å²) in [5.41, 5.74) is 6.21. The van der Waals surface area contributed by atoms with E-state index in [0.29, 0.717) is 12.2 Å². The van der Waals surface area contributed by atoms with Crippen molar-refractivity contribution in [2.45, 2.75) is 26.3 Å². The molecule has 0 saturated carbocycles. The van der Waals surface area contributed by atoms with Gasteiger partial charge in [-0.05, 0) is 6.92 Å². The fourth-order valence-corrected chi connectivity index (χ4v) is 2.66. The molecule has 2 aromatic heterocycles. The molecule has 19 heavy (non-hydrogen) atoms. The van der Waals surface area contributed by atoms with Crippen LogP contribution in [0.15, 0.2) is 11.6 Å². The maximum Gasteiger partial charge on any atom is 0.360 e. The topological polar surface area (TPSA) is 83.0 Å². The van der Waals surface area contributed by atoms with Gasteiger partial charge in [0.05, 0.1) is 13.2 Å². The van der Waals surface area contributed by atoms with Crippen LogP contribution in [0, 0.1) is 0 Å². The Morgan fingerprint density at radius 1 is 1.63 bits per heavy atom. The second kappa shape index (κ2) is 5.40. The van der Waals surface area contributed by atoms with Gasteiger partial charge >= 0.3 is 5.97 Å². The Morgan fingerprint density at radius 3 is 2.89 bits per heavy atom. The molecule has 0 saturated heterocycles. The van der Waals surface area contributed by atoms with Crippen molar-refractivity contribution < 1.29 is 9.53 Å². The van der Waals surface area contributed by atoms with Crippen molar-refractivity contribution in [1.29, 1.82) is 0 Å². The second-order valence-electron chi connectivity index (χ2n) is 4.02. The Balaban J connectivity index is 2.50. The summed E-state index contributed by atoms with van der Waals surface area (Å²) in [5, 5.41) is 2.83. The molecule has 0 aliphatic heterocycles. The highest BCUT2D eigenvalue weighted by Crippen LogP contribution is 2.27. The van der Waals surface area contributed by atoms with Gasteiger partial charge in [-0.3, -0.25) is 0 Å². The van der Waals surface area contributed by atoms with Crippen LogP contribution in [0.2, 0.25) is 0 Å². The number of imidazole rings is 1. The standard InChI is InChI=1S/C12H16N4O2S/c1-4-8-15-9(12(17)18-3)10(13)16(8)7(2)11-14-5-6-19-11/h5-7H,4,13H2,1-3H3. The monoisotopic (exact) mass is 280 g/mol. The molecule has 6 nitrogen and oxygen atoms in total. The summed E-state index contributed by atoms with van der Waals surface area (Å²) in [5.74, 6) is 0.560. The van der Waals surface area contributed by atoms with E-state index in [0.717, 1.165) is 10.8 Å². The number of thiazole rings is 1. The van der Waals surface area contributed by atoms with E-state index in [9.17, 15) is 4.79 Å². The number of carbonyl (C=O) groups is 1. The summed E-state index contributed by atoms with van der Waals surface area (Å²) in [6.07, 6.45) is 2.42. The van der Waals surface area contributed by atoms with Gasteiger partial charge in [0.1, 0.15) is 16.6 Å². The summed E-state index contributed by atoms with van der Waals surface area (Å²) < 4.78 is 6.53. The minimum Gasteiger partial charge on any atom is -0.464 e. The van der Waals surface area contributed by atoms with Gasteiger partial charge in [0.2, 0.25) is 0 Å². The van der Waals surface area contributed by atoms with E-state index < -0.39 is 5.97 Å². The number of nitrogens with zero attached hydrogens (tertiary/aromatic N) is 3. The van der Waals surface area contributed by atoms with Crippen molar-refractivity contribution in [3.8, 4) is 0 Å². The number of ether oxygens (including phenoxy) is 1. The van der Waals surface area contributed by atoms with E-state index in [4.69, 9.17) is 10.5 Å². The highest BCUT2D eigenvalue weighted by Gasteiger charge is 2.24. The van der Waals surface area contributed by atoms with Crippen molar-refractivity contribution in [3.05, 3.63) is 28.1 Å². The van der Waals surface area contributed by atoms with Crippen molar-refractivity contribution in [1.82, 2.24) is 14.5 Å². The van der Waals surface area contributed by atoms with Crippen molar-refractivity contribution in [2.75, 3.05) is 12.8 Å². The molecule has 0 radical (unpaired) electrons. The van der Waals surface area contributed by atoms with E-state index in [1.54, 1.807) is 17.5 Å². The second-order valence-corrected chi connectivity index (χ2v) is 4.95. The Kier molecular flexibility index (Phi) is 3.84. The van der Waals surface area contributed by atoms with E-state index >= 15 is 0 Å². The van der Waals surface area contributed by atoms with E-state index in [-0.39, 0.29) is 11.7 Å². The molecule has 0 amide bonds. The van der Waals surface area contributed by atoms with Crippen molar-refractivity contribution in [3.63, 3.8) is 0 Å². The maximum absolute atomic E-state index is 11.6. The van der Waals surface area contributed by atoms with Gasteiger partial charge in [-0.15, -0.1) is 11.3 Å². The first-order valence-corrected chi connectivity index (χ1v) is 6.82. The molecule has 1 unspecified atom stereocenters. The van der Waals surface area contributed by atoms with Crippen LogP contribution in [0.4, 0.5) is 5.82 Å². The van der Waals surface area contributed by atoms with Gasteiger partial charge in [-0.1, -0.05) is 6.92 Å². The number of nitrogen functional groups attached to an aromatic ring is 1. The first-order valence-electron chi connectivity index (χ1n) is 5.94. The van der Waals surface area contributed by atoms with Gasteiger partial charge in [0, 0.05) is 18.0 Å². The number of nitrogens with two attached hydrogens (primary N) is 1. The third-order valence-corrected chi connectivity index (χ3v) is 3.86. The molecule has 0 aliphatic carbocycles. The number of aryl methyl sites for hydroxylation is 1. The van der Waals surface area contributed by atoms with Crippen molar-refractivity contribution >= 4 is 23.1 Å². The number of carbonyl (C=O) groups excluding carboxylic acids is 1. The van der Waals surface area contributed by atoms with Crippen molar-refractivity contribution in [2.24, 2.45) is 0 Å². The van der Waals surface area contributed by atoms with Gasteiger partial charge in [0.25, 0.3) is 0 Å². The van der Waals surface area contributed by atoms with Gasteiger partial charge in [-0.2, -0.15) is 0 Å². The SMILES string of the molecule is CCc1nc(C(=O)OC)c(N)n1C(C)c1nccs1. The fraction of sp³-hybridized carbons (Fsp3) is 0.417. The number of methoxy groups -OCH3 is 1. The number of esters is 1. The molecular weight excluding hydrogens is 264 g/mol. The lowest BCUT2D eigenvalue weighted by atomic mass is 10.3. The van der Waals surface area contributed by atoms with Crippen LogP contribution in [-0.4, -0.2) is 27.6 Å². The maximum atomic E-state index is 11.6. The number of hydrogen-bond donors (Lipinski definition) is 1. The summed E-state index contributed by atoms with van der Waals surface area (Å²) >= 11 is 1.55. The zero-order valence-electron chi connectivity index (χ0n) is 11.1. The molecule has 102 valence electrons. The molecule has 7 heteroatoms. The molecule has 2 heterocycles. The average Bonchev–Trinajstić information content (AvgIpc) is 3.04. The lowest BCUT2D eigenvalue weighted by Gasteiger charge is -2.15. The first-order chi connectivity index (χ1) is 9.10. The summed E-state index contributed by atoms with van der Waals surface area (Å²) in [4.78, 5) is 20.2. The molecule has 0 bridgehead atoms. The lowest BCUT2D eigenvalue weighted by molar-refractivity contribution is 0.0595. The smallest absolute Gasteiger partial charge is 0.360 e. The summed E-state index contributed by atoms with van der Waals surface area (Å²) in [6.45, 7) is 3.95. The zero-order valence-corrected chi connectivity index (χ0v) is 11.9. The fourth-order valence-electron chi connectivity index (χ4n) is 1.97.